The molecule has 0 spiro atoms. The van der Waals surface area contributed by atoms with Gasteiger partial charge in [0.2, 0.25) is 0 Å². The maximum Gasteiger partial charge on any atom is 0.161 e. The van der Waals surface area contributed by atoms with Crippen LogP contribution in [0.5, 0.6) is 17.2 Å². The van der Waals surface area contributed by atoms with Gasteiger partial charge in [-0.1, -0.05) is 24.3 Å². The molecule has 0 radical (unpaired) electrons. The fourth-order valence-electron chi connectivity index (χ4n) is 3.61. The number of fused-ring (bicyclic) bond motifs is 1. The van der Waals surface area contributed by atoms with Crippen LogP contribution in [0.15, 0.2) is 60.8 Å². The molecule has 29 heavy (non-hydrogen) atoms. The van der Waals surface area contributed by atoms with E-state index in [9.17, 15) is 0 Å². The van der Waals surface area contributed by atoms with Crippen LogP contribution in [0.1, 0.15) is 16.8 Å². The molecule has 0 fully saturated rings. The molecule has 148 valence electrons. The van der Waals surface area contributed by atoms with Gasteiger partial charge in [0.15, 0.2) is 11.5 Å². The Morgan fingerprint density at radius 1 is 0.828 bits per heavy atom. The number of rotatable bonds is 6. The van der Waals surface area contributed by atoms with Gasteiger partial charge >= 0.3 is 0 Å². The molecule has 0 bridgehead atoms. The molecule has 0 N–H and O–H groups in total. The summed E-state index contributed by atoms with van der Waals surface area (Å²) >= 11 is 0. The van der Waals surface area contributed by atoms with E-state index in [0.717, 1.165) is 33.9 Å². The predicted octanol–water partition coefficient (Wildman–Crippen LogP) is 4.93. The largest absolute Gasteiger partial charge is 0.496 e. The summed E-state index contributed by atoms with van der Waals surface area (Å²) in [5.74, 6) is 2.25. The van der Waals surface area contributed by atoms with Crippen LogP contribution in [0.2, 0.25) is 0 Å². The van der Waals surface area contributed by atoms with Crippen LogP contribution in [0.3, 0.4) is 0 Å². The lowest BCUT2D eigenvalue weighted by Crippen LogP contribution is -2.00. The number of hydrogen-bond acceptors (Lipinski definition) is 4. The number of methoxy groups -OCH3 is 3. The first-order chi connectivity index (χ1) is 14.1. The first-order valence-corrected chi connectivity index (χ1v) is 9.46. The zero-order valence-corrected chi connectivity index (χ0v) is 17.1. The second-order valence-corrected chi connectivity index (χ2v) is 6.90. The molecule has 0 aliphatic heterocycles. The smallest absolute Gasteiger partial charge is 0.161 e. The summed E-state index contributed by atoms with van der Waals surface area (Å²) in [6.07, 6.45) is 2.82. The van der Waals surface area contributed by atoms with Gasteiger partial charge in [-0.05, 0) is 42.8 Å². The highest BCUT2D eigenvalue weighted by atomic mass is 16.5. The van der Waals surface area contributed by atoms with Crippen LogP contribution in [-0.4, -0.2) is 30.7 Å². The lowest BCUT2D eigenvalue weighted by Gasteiger charge is -2.12. The molecule has 2 aromatic carbocycles. The number of para-hydroxylation sites is 1. The third kappa shape index (κ3) is 3.51. The van der Waals surface area contributed by atoms with Crippen molar-refractivity contribution < 1.29 is 14.2 Å². The van der Waals surface area contributed by atoms with Crippen LogP contribution in [0.25, 0.3) is 16.9 Å². The van der Waals surface area contributed by atoms with E-state index in [-0.39, 0.29) is 0 Å². The average molecular weight is 388 g/mol. The number of hydrogen-bond donors (Lipinski definition) is 0. The van der Waals surface area contributed by atoms with Gasteiger partial charge in [0.1, 0.15) is 11.4 Å². The summed E-state index contributed by atoms with van der Waals surface area (Å²) in [6.45, 7) is 2.09. The predicted molar refractivity (Wildman–Crippen MR) is 114 cm³/mol. The van der Waals surface area contributed by atoms with Crippen molar-refractivity contribution in [1.82, 2.24) is 9.38 Å². The fraction of sp³-hybridized carbons (Fsp3) is 0.208. The third-order valence-electron chi connectivity index (χ3n) is 5.07. The Bertz CT molecular complexity index is 1160. The summed E-state index contributed by atoms with van der Waals surface area (Å²) < 4.78 is 18.6. The number of benzene rings is 2. The molecule has 0 unspecified atom stereocenters. The van der Waals surface area contributed by atoms with Gasteiger partial charge in [-0.25, -0.2) is 4.98 Å². The molecule has 5 heteroatoms. The van der Waals surface area contributed by atoms with E-state index in [1.54, 1.807) is 21.3 Å². The molecule has 0 aliphatic carbocycles. The van der Waals surface area contributed by atoms with Crippen molar-refractivity contribution in [3.8, 4) is 28.5 Å². The highest BCUT2D eigenvalue weighted by Gasteiger charge is 2.18. The Labute approximate surface area is 170 Å². The third-order valence-corrected chi connectivity index (χ3v) is 5.07. The summed E-state index contributed by atoms with van der Waals surface area (Å²) in [5, 5.41) is 0. The zero-order chi connectivity index (χ0) is 20.4. The molecule has 0 amide bonds. The van der Waals surface area contributed by atoms with Gasteiger partial charge in [0.25, 0.3) is 0 Å². The topological polar surface area (TPSA) is 45.0 Å². The van der Waals surface area contributed by atoms with E-state index in [4.69, 9.17) is 19.2 Å². The molecule has 2 aromatic heterocycles. The minimum Gasteiger partial charge on any atom is -0.496 e. The molecular formula is C24H24N2O3. The van der Waals surface area contributed by atoms with Crippen LogP contribution >= 0.6 is 0 Å². The minimum absolute atomic E-state index is 0.682. The Morgan fingerprint density at radius 2 is 1.59 bits per heavy atom. The second-order valence-electron chi connectivity index (χ2n) is 6.90. The van der Waals surface area contributed by atoms with Gasteiger partial charge in [-0.2, -0.15) is 0 Å². The lowest BCUT2D eigenvalue weighted by molar-refractivity contribution is 0.355. The number of imidazole rings is 1. The van der Waals surface area contributed by atoms with Gasteiger partial charge in [-0.3, -0.25) is 0 Å². The van der Waals surface area contributed by atoms with Crippen LogP contribution < -0.4 is 14.2 Å². The van der Waals surface area contributed by atoms with Crippen molar-refractivity contribution in [2.24, 2.45) is 0 Å². The molecule has 4 rings (SSSR count). The molecule has 5 nitrogen and oxygen atoms in total. The molecule has 0 saturated carbocycles. The number of aryl methyl sites for hydroxylation is 1. The lowest BCUT2D eigenvalue weighted by atomic mass is 10.0. The second kappa shape index (κ2) is 7.87. The molecular weight excluding hydrogens is 364 g/mol. The van der Waals surface area contributed by atoms with E-state index >= 15 is 0 Å². The average Bonchev–Trinajstić information content (AvgIpc) is 3.11. The zero-order valence-electron chi connectivity index (χ0n) is 17.1. The molecule has 0 atom stereocenters. The van der Waals surface area contributed by atoms with Gasteiger partial charge < -0.3 is 18.6 Å². The van der Waals surface area contributed by atoms with E-state index in [1.807, 2.05) is 42.5 Å². The summed E-state index contributed by atoms with van der Waals surface area (Å²) in [6, 6.07) is 18.1. The maximum absolute atomic E-state index is 5.58. The first-order valence-electron chi connectivity index (χ1n) is 9.46. The fourth-order valence-corrected chi connectivity index (χ4v) is 3.61. The molecule has 0 saturated heterocycles. The van der Waals surface area contributed by atoms with Crippen LogP contribution in [0, 0.1) is 6.92 Å². The van der Waals surface area contributed by atoms with Crippen molar-refractivity contribution in [2.45, 2.75) is 13.3 Å². The highest BCUT2D eigenvalue weighted by molar-refractivity contribution is 5.70. The van der Waals surface area contributed by atoms with Crippen molar-refractivity contribution in [2.75, 3.05) is 21.3 Å². The van der Waals surface area contributed by atoms with Crippen molar-refractivity contribution in [1.29, 1.82) is 0 Å². The summed E-state index contributed by atoms with van der Waals surface area (Å²) in [4.78, 5) is 4.93. The number of aromatic nitrogens is 2. The van der Waals surface area contributed by atoms with Crippen molar-refractivity contribution >= 4 is 5.65 Å². The summed E-state index contributed by atoms with van der Waals surface area (Å²) in [7, 11) is 4.98. The van der Waals surface area contributed by atoms with E-state index < -0.39 is 0 Å². The standard InChI is InChI=1S/C24H24N2O3/c1-16-9-12-23-25-24(18-10-11-21(28-3)22(14-18)29-4)19(26(23)15-16)13-17-7-5-6-8-20(17)27-2/h5-12,14-15H,13H2,1-4H3. The number of pyridine rings is 1. The summed E-state index contributed by atoms with van der Waals surface area (Å²) in [5.41, 5.74) is 6.19. The minimum atomic E-state index is 0.682. The van der Waals surface area contributed by atoms with Gasteiger partial charge in [0, 0.05) is 23.7 Å². The normalized spacial score (nSPS) is 10.9. The Hall–Kier alpha value is -3.47. The molecule has 0 aliphatic rings. The van der Waals surface area contributed by atoms with E-state index in [1.165, 1.54) is 5.56 Å². The Kier molecular flexibility index (Phi) is 5.12. The molecule has 4 aromatic rings. The number of ether oxygens (including phenoxy) is 3. The van der Waals surface area contributed by atoms with Gasteiger partial charge in [-0.15, -0.1) is 0 Å². The maximum atomic E-state index is 5.58. The van der Waals surface area contributed by atoms with Gasteiger partial charge in [0.05, 0.1) is 32.7 Å². The molecule has 2 heterocycles. The van der Waals surface area contributed by atoms with Crippen LogP contribution in [0.4, 0.5) is 0 Å². The highest BCUT2D eigenvalue weighted by Crippen LogP contribution is 2.35. The van der Waals surface area contributed by atoms with Crippen LogP contribution in [-0.2, 0) is 6.42 Å². The first kappa shape index (κ1) is 18.9. The Balaban J connectivity index is 1.91. The Morgan fingerprint density at radius 3 is 2.34 bits per heavy atom. The number of nitrogens with zero attached hydrogens (tertiary/aromatic N) is 2. The quantitative estimate of drug-likeness (QED) is 0.470. The van der Waals surface area contributed by atoms with E-state index in [0.29, 0.717) is 17.9 Å². The van der Waals surface area contributed by atoms with Crippen molar-refractivity contribution in [3.05, 3.63) is 77.6 Å². The van der Waals surface area contributed by atoms with E-state index in [2.05, 4.69) is 29.7 Å². The monoisotopic (exact) mass is 388 g/mol. The van der Waals surface area contributed by atoms with Crippen molar-refractivity contribution in [3.63, 3.8) is 0 Å². The SMILES string of the molecule is COc1ccccc1Cc1c(-c2ccc(OC)c(OC)c2)nc2ccc(C)cn12.